The van der Waals surface area contributed by atoms with Crippen LogP contribution in [0.15, 0.2) is 48.6 Å². The van der Waals surface area contributed by atoms with Gasteiger partial charge in [0.15, 0.2) is 0 Å². The van der Waals surface area contributed by atoms with Gasteiger partial charge in [-0.15, -0.1) is 0 Å². The maximum Gasteiger partial charge on any atom is 0.222 e. The zero-order valence-electron chi connectivity index (χ0n) is 30.2. The minimum atomic E-state index is -0.950. The van der Waals surface area contributed by atoms with Gasteiger partial charge < -0.3 is 20.6 Å². The summed E-state index contributed by atoms with van der Waals surface area (Å²) in [6.07, 6.45) is 45.3. The molecule has 268 valence electrons. The molecular weight excluding hydrogens is 570 g/mol. The molecule has 0 radical (unpaired) electrons. The van der Waals surface area contributed by atoms with Crippen molar-refractivity contribution < 1.29 is 20.1 Å². The lowest BCUT2D eigenvalue weighted by molar-refractivity contribution is -0.124. The average Bonchev–Trinajstić information content (AvgIpc) is 3.05. The van der Waals surface area contributed by atoms with Crippen molar-refractivity contribution in [2.24, 2.45) is 0 Å². The molecule has 4 N–H and O–H groups in total. The average molecular weight is 646 g/mol. The molecule has 0 aromatic heterocycles. The van der Waals surface area contributed by atoms with Crippen LogP contribution in [0.4, 0.5) is 0 Å². The summed E-state index contributed by atoms with van der Waals surface area (Å²) in [5.41, 5.74) is 0. The number of aliphatic hydroxyl groups is 3. The van der Waals surface area contributed by atoms with Crippen LogP contribution in [0.5, 0.6) is 0 Å². The van der Waals surface area contributed by atoms with Crippen LogP contribution in [-0.2, 0) is 4.79 Å². The predicted molar refractivity (Wildman–Crippen MR) is 199 cm³/mol. The van der Waals surface area contributed by atoms with E-state index in [1.807, 2.05) is 6.08 Å². The number of aliphatic hydroxyl groups excluding tert-OH is 3. The summed E-state index contributed by atoms with van der Waals surface area (Å²) in [5, 5.41) is 33.0. The summed E-state index contributed by atoms with van der Waals surface area (Å²) in [6.45, 7) is 4.07. The van der Waals surface area contributed by atoms with E-state index in [1.165, 1.54) is 109 Å². The number of hydrogen-bond acceptors (Lipinski definition) is 4. The molecule has 1 amide bonds. The van der Waals surface area contributed by atoms with E-state index in [-0.39, 0.29) is 18.9 Å². The third kappa shape index (κ3) is 32.3. The molecule has 0 saturated heterocycles. The molecule has 0 aromatic rings. The second-order valence-electron chi connectivity index (χ2n) is 13.1. The maximum atomic E-state index is 12.4. The zero-order valence-corrected chi connectivity index (χ0v) is 30.2. The SMILES string of the molecule is CC/C=C\C/C=C\CCCCCCCCCCCCCCC(O)CC(=O)NC(CO)C(O)/C=C/CC/C=C/CCCCCCCC. The van der Waals surface area contributed by atoms with E-state index in [4.69, 9.17) is 0 Å². The second kappa shape index (κ2) is 36.2. The van der Waals surface area contributed by atoms with E-state index in [1.54, 1.807) is 6.08 Å². The second-order valence-corrected chi connectivity index (χ2v) is 13.1. The first kappa shape index (κ1) is 44.3. The molecule has 5 nitrogen and oxygen atoms in total. The number of unbranched alkanes of at least 4 members (excludes halogenated alkanes) is 19. The minimum absolute atomic E-state index is 0.00365. The highest BCUT2D eigenvalue weighted by Crippen LogP contribution is 2.14. The van der Waals surface area contributed by atoms with Gasteiger partial charge in [0.1, 0.15) is 0 Å². The van der Waals surface area contributed by atoms with E-state index in [0.29, 0.717) is 6.42 Å². The van der Waals surface area contributed by atoms with Crippen molar-refractivity contribution in [2.45, 2.75) is 199 Å². The monoisotopic (exact) mass is 646 g/mol. The Morgan fingerprint density at radius 3 is 1.63 bits per heavy atom. The largest absolute Gasteiger partial charge is 0.394 e. The van der Waals surface area contributed by atoms with Crippen molar-refractivity contribution in [1.82, 2.24) is 5.32 Å². The highest BCUT2D eigenvalue weighted by Gasteiger charge is 2.20. The van der Waals surface area contributed by atoms with Crippen LogP contribution in [-0.4, -0.2) is 46.1 Å². The number of allylic oxidation sites excluding steroid dienone is 7. The highest BCUT2D eigenvalue weighted by atomic mass is 16.3. The zero-order chi connectivity index (χ0) is 33.8. The van der Waals surface area contributed by atoms with Crippen LogP contribution < -0.4 is 5.32 Å². The van der Waals surface area contributed by atoms with Crippen LogP contribution in [0.3, 0.4) is 0 Å². The minimum Gasteiger partial charge on any atom is -0.394 e. The lowest BCUT2D eigenvalue weighted by Gasteiger charge is -2.21. The molecule has 0 aliphatic heterocycles. The van der Waals surface area contributed by atoms with Crippen molar-refractivity contribution >= 4 is 5.91 Å². The molecule has 3 unspecified atom stereocenters. The fraction of sp³-hybridized carbons (Fsp3) is 0.780. The maximum absolute atomic E-state index is 12.4. The lowest BCUT2D eigenvalue weighted by atomic mass is 10.0. The van der Waals surface area contributed by atoms with Crippen LogP contribution in [0.1, 0.15) is 181 Å². The molecule has 0 spiro atoms. The molecule has 0 aliphatic carbocycles. The van der Waals surface area contributed by atoms with Crippen molar-refractivity contribution in [3.63, 3.8) is 0 Å². The Hall–Kier alpha value is -1.69. The molecular formula is C41H75NO4. The Bertz CT molecular complexity index is 760. The Balaban J connectivity index is 3.71. The summed E-state index contributed by atoms with van der Waals surface area (Å²) in [7, 11) is 0. The number of nitrogens with one attached hydrogen (secondary N) is 1. The highest BCUT2D eigenvalue weighted by molar-refractivity contribution is 5.76. The first-order chi connectivity index (χ1) is 22.5. The van der Waals surface area contributed by atoms with E-state index in [0.717, 1.165) is 44.9 Å². The summed E-state index contributed by atoms with van der Waals surface area (Å²) in [6, 6.07) is -0.760. The van der Waals surface area contributed by atoms with Crippen LogP contribution in [0.2, 0.25) is 0 Å². The summed E-state index contributed by atoms with van der Waals surface area (Å²) < 4.78 is 0. The standard InChI is InChI=1S/C41H75NO4/c1-3-5-7-9-11-13-15-17-18-19-20-21-22-23-24-26-28-30-32-34-38(44)36-41(46)42-39(37-43)40(45)35-33-31-29-27-25-16-14-12-10-8-6-4-2/h5,7,11,13,25,27,33,35,38-40,43-45H,3-4,6,8-10,12,14-24,26,28-32,34,36-37H2,1-2H3,(H,42,46)/b7-5-,13-11-,27-25+,35-33+. The smallest absolute Gasteiger partial charge is 0.222 e. The Kier molecular flexibility index (Phi) is 34.8. The third-order valence-electron chi connectivity index (χ3n) is 8.60. The Morgan fingerprint density at radius 1 is 0.587 bits per heavy atom. The molecule has 0 aliphatic rings. The molecule has 3 atom stereocenters. The molecule has 5 heteroatoms. The van der Waals surface area contributed by atoms with Gasteiger partial charge in [-0.05, 0) is 57.8 Å². The van der Waals surface area contributed by atoms with Gasteiger partial charge in [0, 0.05) is 0 Å². The van der Waals surface area contributed by atoms with Crippen molar-refractivity contribution in [1.29, 1.82) is 0 Å². The molecule has 46 heavy (non-hydrogen) atoms. The van der Waals surface area contributed by atoms with Crippen molar-refractivity contribution in [2.75, 3.05) is 6.61 Å². The number of hydrogen-bond donors (Lipinski definition) is 4. The fourth-order valence-electron chi connectivity index (χ4n) is 5.63. The number of amides is 1. The summed E-state index contributed by atoms with van der Waals surface area (Å²) >= 11 is 0. The topological polar surface area (TPSA) is 89.8 Å². The van der Waals surface area contributed by atoms with Crippen LogP contribution in [0.25, 0.3) is 0 Å². The fourth-order valence-corrected chi connectivity index (χ4v) is 5.63. The molecule has 0 fully saturated rings. The lowest BCUT2D eigenvalue weighted by Crippen LogP contribution is -2.45. The number of rotatable bonds is 34. The number of carbonyl (C=O) groups excluding carboxylic acids is 1. The van der Waals surface area contributed by atoms with E-state index >= 15 is 0 Å². The first-order valence-corrected chi connectivity index (χ1v) is 19.4. The van der Waals surface area contributed by atoms with Gasteiger partial charge in [-0.1, -0.05) is 165 Å². The predicted octanol–water partition coefficient (Wildman–Crippen LogP) is 10.6. The van der Waals surface area contributed by atoms with E-state index in [2.05, 4.69) is 55.6 Å². The van der Waals surface area contributed by atoms with E-state index in [9.17, 15) is 20.1 Å². The van der Waals surface area contributed by atoms with Gasteiger partial charge in [0.25, 0.3) is 0 Å². The molecule has 0 bridgehead atoms. The van der Waals surface area contributed by atoms with Crippen LogP contribution in [0, 0.1) is 0 Å². The molecule has 0 aromatic carbocycles. The van der Waals surface area contributed by atoms with Crippen molar-refractivity contribution in [3.05, 3.63) is 48.6 Å². The Labute approximate surface area is 285 Å². The van der Waals surface area contributed by atoms with Gasteiger partial charge in [-0.3, -0.25) is 4.79 Å². The third-order valence-corrected chi connectivity index (χ3v) is 8.60. The number of carbonyl (C=O) groups is 1. The van der Waals surface area contributed by atoms with E-state index < -0.39 is 18.2 Å². The normalized spacial score (nSPS) is 14.3. The first-order valence-electron chi connectivity index (χ1n) is 19.4. The molecule has 0 heterocycles. The van der Waals surface area contributed by atoms with Gasteiger partial charge in [-0.2, -0.15) is 0 Å². The summed E-state index contributed by atoms with van der Waals surface area (Å²) in [4.78, 5) is 12.4. The van der Waals surface area contributed by atoms with Gasteiger partial charge in [0.2, 0.25) is 5.91 Å². The molecule has 0 rings (SSSR count). The Morgan fingerprint density at radius 2 is 1.07 bits per heavy atom. The molecule has 0 saturated carbocycles. The van der Waals surface area contributed by atoms with Gasteiger partial charge in [0.05, 0.1) is 31.3 Å². The van der Waals surface area contributed by atoms with Crippen molar-refractivity contribution in [3.8, 4) is 0 Å². The summed E-state index contributed by atoms with van der Waals surface area (Å²) in [5.74, 6) is -0.330. The quantitative estimate of drug-likeness (QED) is 0.0414. The van der Waals surface area contributed by atoms with Gasteiger partial charge >= 0.3 is 0 Å². The van der Waals surface area contributed by atoms with Crippen LogP contribution >= 0.6 is 0 Å². The van der Waals surface area contributed by atoms with Gasteiger partial charge in [-0.25, -0.2) is 0 Å².